The van der Waals surface area contributed by atoms with E-state index in [0.717, 1.165) is 0 Å². The highest BCUT2D eigenvalue weighted by atomic mass is 127. The summed E-state index contributed by atoms with van der Waals surface area (Å²) in [5.74, 6) is 0. The van der Waals surface area contributed by atoms with Crippen molar-refractivity contribution in [1.29, 1.82) is 0 Å². The van der Waals surface area contributed by atoms with Crippen molar-refractivity contribution in [1.82, 2.24) is 0 Å². The number of unbranched alkanes of at least 4 members (excludes halogenated alkanes) is 3. The average Bonchev–Trinajstić information content (AvgIpc) is 2.18. The minimum absolute atomic E-state index is 0.0154. The Hall–Kier alpha value is 0.907. The Morgan fingerprint density at radius 3 is 2.00 bits per heavy atom. The molecule has 0 aromatic rings. The van der Waals surface area contributed by atoms with Gasteiger partial charge in [0, 0.05) is 3.55 Å². The van der Waals surface area contributed by atoms with Gasteiger partial charge in [-0.3, -0.25) is 0 Å². The predicted molar refractivity (Wildman–Crippen MR) is 94.5 cm³/mol. The average molecular weight is 384 g/mol. The standard InChI is InChI=1S/C15H33IOSi/c1-8-9-10-11-12-13(17-15(2,3)4)14(16)18(5,6)7/h13-14H,8-12H2,1-7H3/t13-,14-/m0/s1. The van der Waals surface area contributed by atoms with Crippen LogP contribution in [0.1, 0.15) is 59.8 Å². The summed E-state index contributed by atoms with van der Waals surface area (Å²) in [5.41, 5.74) is -0.0154. The van der Waals surface area contributed by atoms with E-state index in [0.29, 0.717) is 9.65 Å². The molecule has 0 aromatic carbocycles. The molecule has 0 heterocycles. The lowest BCUT2D eigenvalue weighted by Gasteiger charge is -2.36. The van der Waals surface area contributed by atoms with Crippen molar-refractivity contribution >= 4 is 30.7 Å². The van der Waals surface area contributed by atoms with Crippen molar-refractivity contribution < 1.29 is 4.74 Å². The van der Waals surface area contributed by atoms with Crippen molar-refractivity contribution in [3.8, 4) is 0 Å². The van der Waals surface area contributed by atoms with E-state index in [1.165, 1.54) is 32.1 Å². The molecule has 0 spiro atoms. The topological polar surface area (TPSA) is 9.23 Å². The molecule has 0 fully saturated rings. The van der Waals surface area contributed by atoms with Gasteiger partial charge in [0.25, 0.3) is 0 Å². The van der Waals surface area contributed by atoms with Crippen LogP contribution in [0.5, 0.6) is 0 Å². The molecule has 0 N–H and O–H groups in total. The highest BCUT2D eigenvalue weighted by Gasteiger charge is 2.34. The van der Waals surface area contributed by atoms with Crippen molar-refractivity contribution in [2.75, 3.05) is 0 Å². The lowest BCUT2D eigenvalue weighted by molar-refractivity contribution is -0.0561. The molecule has 0 aromatic heterocycles. The first kappa shape index (κ1) is 18.9. The molecule has 2 atom stereocenters. The third-order valence-corrected chi connectivity index (χ3v) is 11.4. The van der Waals surface area contributed by atoms with Crippen LogP contribution in [0, 0.1) is 0 Å². The second-order valence-corrected chi connectivity index (χ2v) is 15.3. The molecule has 0 aliphatic heterocycles. The fraction of sp³-hybridized carbons (Fsp3) is 1.00. The zero-order valence-electron chi connectivity index (χ0n) is 13.5. The van der Waals surface area contributed by atoms with Crippen LogP contribution in [0.3, 0.4) is 0 Å². The van der Waals surface area contributed by atoms with Gasteiger partial charge in [0.1, 0.15) is 0 Å². The Bertz CT molecular complexity index is 218. The molecule has 0 aliphatic carbocycles. The maximum absolute atomic E-state index is 6.33. The summed E-state index contributed by atoms with van der Waals surface area (Å²) in [6.07, 6.45) is 7.02. The first-order valence-electron chi connectivity index (χ1n) is 7.40. The molecule has 1 nitrogen and oxygen atoms in total. The second-order valence-electron chi connectivity index (χ2n) is 7.39. The molecular weight excluding hydrogens is 351 g/mol. The van der Waals surface area contributed by atoms with Crippen LogP contribution in [0.2, 0.25) is 19.6 Å². The number of hydrogen-bond acceptors (Lipinski definition) is 1. The van der Waals surface area contributed by atoms with E-state index in [2.05, 4.69) is 69.9 Å². The molecule has 3 heteroatoms. The SMILES string of the molecule is CCCCCC[C@H](OC(C)(C)C)[C@@H](I)[Si](C)(C)C. The van der Waals surface area contributed by atoms with Crippen molar-refractivity contribution in [2.45, 2.75) is 94.7 Å². The summed E-state index contributed by atoms with van der Waals surface area (Å²) in [4.78, 5) is 0. The quantitative estimate of drug-likeness (QED) is 0.222. The molecule has 0 rings (SSSR count). The largest absolute Gasteiger partial charge is 0.372 e. The predicted octanol–water partition coefficient (Wildman–Crippen LogP) is 5.82. The third kappa shape index (κ3) is 8.91. The fourth-order valence-electron chi connectivity index (χ4n) is 2.05. The van der Waals surface area contributed by atoms with Crippen LogP contribution in [0.4, 0.5) is 0 Å². The Morgan fingerprint density at radius 2 is 1.61 bits per heavy atom. The fourth-order valence-corrected chi connectivity index (χ4v) is 3.91. The van der Waals surface area contributed by atoms with E-state index in [4.69, 9.17) is 4.74 Å². The van der Waals surface area contributed by atoms with E-state index in [-0.39, 0.29) is 5.60 Å². The molecule has 110 valence electrons. The molecule has 0 unspecified atom stereocenters. The summed E-state index contributed by atoms with van der Waals surface area (Å²) in [6, 6.07) is 0. The zero-order valence-corrected chi connectivity index (χ0v) is 16.6. The lowest BCUT2D eigenvalue weighted by Crippen LogP contribution is -2.46. The first-order chi connectivity index (χ1) is 8.08. The summed E-state index contributed by atoms with van der Waals surface area (Å²) >= 11 is 2.65. The summed E-state index contributed by atoms with van der Waals surface area (Å²) in [5, 5.41) is 0. The van der Waals surface area contributed by atoms with Crippen molar-refractivity contribution in [3.05, 3.63) is 0 Å². The summed E-state index contributed by atoms with van der Waals surface area (Å²) in [6.45, 7) is 16.2. The smallest absolute Gasteiger partial charge is 0.0674 e. The van der Waals surface area contributed by atoms with Gasteiger partial charge in [-0.25, -0.2) is 0 Å². The maximum Gasteiger partial charge on any atom is 0.0674 e. The molecule has 0 aliphatic rings. The van der Waals surface area contributed by atoms with Gasteiger partial charge in [0.2, 0.25) is 0 Å². The van der Waals surface area contributed by atoms with Crippen LogP contribution in [-0.4, -0.2) is 23.3 Å². The van der Waals surface area contributed by atoms with Crippen LogP contribution < -0.4 is 0 Å². The monoisotopic (exact) mass is 384 g/mol. The van der Waals surface area contributed by atoms with Gasteiger partial charge in [-0.15, -0.1) is 0 Å². The maximum atomic E-state index is 6.33. The second kappa shape index (κ2) is 8.25. The molecule has 0 saturated heterocycles. The van der Waals surface area contributed by atoms with Gasteiger partial charge in [-0.2, -0.15) is 0 Å². The Kier molecular flexibility index (Phi) is 8.67. The number of alkyl halides is 1. The molecular formula is C15H33IOSi. The van der Waals surface area contributed by atoms with Crippen molar-refractivity contribution in [3.63, 3.8) is 0 Å². The minimum atomic E-state index is -1.13. The van der Waals surface area contributed by atoms with Gasteiger partial charge in [0.15, 0.2) is 0 Å². The zero-order chi connectivity index (χ0) is 14.4. The van der Waals surface area contributed by atoms with Crippen LogP contribution in [-0.2, 0) is 4.74 Å². The van der Waals surface area contributed by atoms with E-state index in [1.807, 2.05) is 0 Å². The Morgan fingerprint density at radius 1 is 1.06 bits per heavy atom. The van der Waals surface area contributed by atoms with Gasteiger partial charge in [-0.1, -0.05) is 74.8 Å². The number of halogens is 1. The number of ether oxygens (including phenoxy) is 1. The molecule has 0 amide bonds. The van der Waals surface area contributed by atoms with Gasteiger partial charge >= 0.3 is 0 Å². The van der Waals surface area contributed by atoms with Gasteiger partial charge < -0.3 is 4.74 Å². The Balaban J connectivity index is 4.43. The number of rotatable bonds is 8. The normalized spacial score (nSPS) is 16.7. The Labute approximate surface area is 130 Å². The van der Waals surface area contributed by atoms with Crippen LogP contribution in [0.15, 0.2) is 0 Å². The lowest BCUT2D eigenvalue weighted by atomic mass is 10.1. The molecule has 0 bridgehead atoms. The van der Waals surface area contributed by atoms with E-state index in [9.17, 15) is 0 Å². The van der Waals surface area contributed by atoms with E-state index < -0.39 is 8.07 Å². The van der Waals surface area contributed by atoms with Crippen LogP contribution in [0.25, 0.3) is 0 Å². The van der Waals surface area contributed by atoms with Gasteiger partial charge in [0.05, 0.1) is 19.8 Å². The summed E-state index contributed by atoms with van der Waals surface area (Å²) in [7, 11) is -1.13. The third-order valence-electron chi connectivity index (χ3n) is 3.00. The highest BCUT2D eigenvalue weighted by Crippen LogP contribution is 2.29. The van der Waals surface area contributed by atoms with Crippen LogP contribution >= 0.6 is 22.6 Å². The van der Waals surface area contributed by atoms with E-state index >= 15 is 0 Å². The molecule has 0 radical (unpaired) electrons. The highest BCUT2D eigenvalue weighted by molar-refractivity contribution is 14.1. The number of hydrogen-bond donors (Lipinski definition) is 0. The van der Waals surface area contributed by atoms with E-state index in [1.54, 1.807) is 0 Å². The van der Waals surface area contributed by atoms with Gasteiger partial charge in [-0.05, 0) is 27.2 Å². The van der Waals surface area contributed by atoms with Crippen molar-refractivity contribution in [2.24, 2.45) is 0 Å². The summed E-state index contributed by atoms with van der Waals surface area (Å²) < 4.78 is 7.04. The molecule has 0 saturated carbocycles. The molecule has 18 heavy (non-hydrogen) atoms. The minimum Gasteiger partial charge on any atom is -0.372 e. The first-order valence-corrected chi connectivity index (χ1v) is 12.2.